The standard InChI is InChI=1S/C21H17N3OS2/c1-12-10-11-13(2)18-17(12)22-21(27-18)24-20(26)23-19(25)16-9-5-7-14-6-3-4-8-15(14)16/h3-11H,1-2H3,(H2,22,23,24,25,26). The van der Waals surface area contributed by atoms with E-state index in [2.05, 4.69) is 34.7 Å². The Labute approximate surface area is 166 Å². The molecule has 0 spiro atoms. The van der Waals surface area contributed by atoms with Gasteiger partial charge in [-0.05, 0) is 54.0 Å². The van der Waals surface area contributed by atoms with Gasteiger partial charge in [-0.15, -0.1) is 0 Å². The van der Waals surface area contributed by atoms with Gasteiger partial charge in [0, 0.05) is 5.56 Å². The van der Waals surface area contributed by atoms with Crippen molar-refractivity contribution >= 4 is 60.7 Å². The number of hydrogen-bond acceptors (Lipinski definition) is 4. The highest BCUT2D eigenvalue weighted by molar-refractivity contribution is 7.80. The quantitative estimate of drug-likeness (QED) is 0.462. The number of fused-ring (bicyclic) bond motifs is 2. The summed E-state index contributed by atoms with van der Waals surface area (Å²) >= 11 is 6.86. The van der Waals surface area contributed by atoms with E-state index in [9.17, 15) is 4.79 Å². The first-order chi connectivity index (χ1) is 13.0. The molecular formula is C21H17N3OS2. The van der Waals surface area contributed by atoms with Crippen molar-refractivity contribution in [3.05, 3.63) is 71.3 Å². The lowest BCUT2D eigenvalue weighted by atomic mass is 10.0. The SMILES string of the molecule is Cc1ccc(C)c2sc(NC(=S)NC(=O)c3cccc4ccccc34)nc12. The molecule has 1 heterocycles. The number of aryl methyl sites for hydroxylation is 2. The fourth-order valence-electron chi connectivity index (χ4n) is 3.03. The fourth-order valence-corrected chi connectivity index (χ4v) is 4.30. The first-order valence-corrected chi connectivity index (χ1v) is 9.72. The molecule has 0 saturated carbocycles. The molecule has 0 bridgehead atoms. The molecule has 1 aromatic heterocycles. The van der Waals surface area contributed by atoms with Crippen LogP contribution >= 0.6 is 23.6 Å². The first-order valence-electron chi connectivity index (χ1n) is 8.50. The highest BCUT2D eigenvalue weighted by Crippen LogP contribution is 2.30. The van der Waals surface area contributed by atoms with Crippen molar-refractivity contribution < 1.29 is 4.79 Å². The van der Waals surface area contributed by atoms with Crippen LogP contribution in [0.3, 0.4) is 0 Å². The van der Waals surface area contributed by atoms with Gasteiger partial charge in [0.25, 0.3) is 5.91 Å². The lowest BCUT2D eigenvalue weighted by molar-refractivity contribution is 0.0979. The fraction of sp³-hybridized carbons (Fsp3) is 0.0952. The Hall–Kier alpha value is -2.83. The lowest BCUT2D eigenvalue weighted by Crippen LogP contribution is -2.34. The topological polar surface area (TPSA) is 54.0 Å². The van der Waals surface area contributed by atoms with Gasteiger partial charge >= 0.3 is 0 Å². The van der Waals surface area contributed by atoms with Crippen molar-refractivity contribution in [2.45, 2.75) is 13.8 Å². The van der Waals surface area contributed by atoms with Crippen molar-refractivity contribution in [2.24, 2.45) is 0 Å². The van der Waals surface area contributed by atoms with Gasteiger partial charge in [0.1, 0.15) is 0 Å². The summed E-state index contributed by atoms with van der Waals surface area (Å²) in [6.45, 7) is 4.09. The maximum atomic E-state index is 12.7. The number of nitrogens with one attached hydrogen (secondary N) is 2. The van der Waals surface area contributed by atoms with Crippen LogP contribution in [-0.2, 0) is 0 Å². The lowest BCUT2D eigenvalue weighted by Gasteiger charge is -2.09. The summed E-state index contributed by atoms with van der Waals surface area (Å²) in [5, 5.41) is 8.62. The van der Waals surface area contributed by atoms with E-state index < -0.39 is 0 Å². The van der Waals surface area contributed by atoms with Crippen LogP contribution in [-0.4, -0.2) is 16.0 Å². The van der Waals surface area contributed by atoms with E-state index in [4.69, 9.17) is 12.2 Å². The third-order valence-corrected chi connectivity index (χ3v) is 5.73. The molecule has 27 heavy (non-hydrogen) atoms. The van der Waals surface area contributed by atoms with Gasteiger partial charge in [-0.3, -0.25) is 10.1 Å². The maximum absolute atomic E-state index is 12.7. The van der Waals surface area contributed by atoms with Crippen molar-refractivity contribution in [1.82, 2.24) is 10.3 Å². The zero-order valence-electron chi connectivity index (χ0n) is 14.9. The summed E-state index contributed by atoms with van der Waals surface area (Å²) in [7, 11) is 0. The van der Waals surface area contributed by atoms with Gasteiger partial charge in [0.15, 0.2) is 10.2 Å². The number of amides is 1. The summed E-state index contributed by atoms with van der Waals surface area (Å²) in [6.07, 6.45) is 0. The molecule has 0 aliphatic rings. The molecule has 0 fully saturated rings. The molecule has 0 unspecified atom stereocenters. The molecule has 2 N–H and O–H groups in total. The number of thiocarbonyl (C=S) groups is 1. The highest BCUT2D eigenvalue weighted by Gasteiger charge is 2.13. The summed E-state index contributed by atoms with van der Waals surface area (Å²) in [6, 6.07) is 17.6. The van der Waals surface area contributed by atoms with E-state index in [0.29, 0.717) is 10.7 Å². The monoisotopic (exact) mass is 391 g/mol. The van der Waals surface area contributed by atoms with Gasteiger partial charge < -0.3 is 5.32 Å². The number of nitrogens with zero attached hydrogens (tertiary/aromatic N) is 1. The Morgan fingerprint density at radius 3 is 2.56 bits per heavy atom. The summed E-state index contributed by atoms with van der Waals surface area (Å²) in [5.41, 5.74) is 3.84. The van der Waals surface area contributed by atoms with Gasteiger partial charge in [-0.1, -0.05) is 59.9 Å². The molecule has 4 rings (SSSR count). The van der Waals surface area contributed by atoms with Crippen LogP contribution in [0.1, 0.15) is 21.5 Å². The second-order valence-electron chi connectivity index (χ2n) is 6.33. The Kier molecular flexibility index (Phi) is 4.59. The van der Waals surface area contributed by atoms with E-state index in [1.54, 1.807) is 6.07 Å². The molecule has 0 radical (unpaired) electrons. The molecule has 4 nitrogen and oxygen atoms in total. The minimum atomic E-state index is -0.238. The van der Waals surface area contributed by atoms with Crippen LogP contribution in [0.25, 0.3) is 21.0 Å². The van der Waals surface area contributed by atoms with E-state index >= 15 is 0 Å². The van der Waals surface area contributed by atoms with Crippen LogP contribution in [0.2, 0.25) is 0 Å². The third kappa shape index (κ3) is 3.41. The highest BCUT2D eigenvalue weighted by atomic mass is 32.1. The van der Waals surface area contributed by atoms with Gasteiger partial charge in [0.2, 0.25) is 0 Å². The summed E-state index contributed by atoms with van der Waals surface area (Å²) in [5.74, 6) is -0.238. The number of hydrogen-bond donors (Lipinski definition) is 2. The number of carbonyl (C=O) groups is 1. The Bertz CT molecular complexity index is 1150. The van der Waals surface area contributed by atoms with Crippen molar-refractivity contribution in [1.29, 1.82) is 0 Å². The minimum Gasteiger partial charge on any atom is -0.308 e. The predicted octanol–water partition coefficient (Wildman–Crippen LogP) is 5.19. The summed E-state index contributed by atoms with van der Waals surface area (Å²) in [4.78, 5) is 17.3. The molecular weight excluding hydrogens is 374 g/mol. The van der Waals surface area contributed by atoms with Crippen molar-refractivity contribution in [3.8, 4) is 0 Å². The van der Waals surface area contributed by atoms with Gasteiger partial charge in [-0.2, -0.15) is 0 Å². The van der Waals surface area contributed by atoms with E-state index in [-0.39, 0.29) is 11.0 Å². The Balaban J connectivity index is 1.55. The molecule has 0 aliphatic heterocycles. The smallest absolute Gasteiger partial charge is 0.258 e. The van der Waals surface area contributed by atoms with Crippen LogP contribution in [0, 0.1) is 13.8 Å². The van der Waals surface area contributed by atoms with Crippen LogP contribution in [0.15, 0.2) is 54.6 Å². The molecule has 4 aromatic rings. The Morgan fingerprint density at radius 1 is 1.00 bits per heavy atom. The van der Waals surface area contributed by atoms with Crippen molar-refractivity contribution in [2.75, 3.05) is 5.32 Å². The average molecular weight is 392 g/mol. The number of anilines is 1. The molecule has 134 valence electrons. The third-order valence-electron chi connectivity index (χ3n) is 4.42. The van der Waals surface area contributed by atoms with Crippen LogP contribution in [0.5, 0.6) is 0 Å². The predicted molar refractivity (Wildman–Crippen MR) is 117 cm³/mol. The average Bonchev–Trinajstić information content (AvgIpc) is 3.09. The van der Waals surface area contributed by atoms with E-state index in [0.717, 1.165) is 26.6 Å². The molecule has 3 aromatic carbocycles. The number of carbonyl (C=O) groups excluding carboxylic acids is 1. The normalized spacial score (nSPS) is 10.9. The Morgan fingerprint density at radius 2 is 1.74 bits per heavy atom. The molecule has 0 saturated heterocycles. The van der Waals surface area contributed by atoms with Crippen LogP contribution < -0.4 is 10.6 Å². The minimum absolute atomic E-state index is 0.238. The zero-order chi connectivity index (χ0) is 19.0. The van der Waals surface area contributed by atoms with E-state index in [1.807, 2.05) is 43.3 Å². The molecule has 0 atom stereocenters. The van der Waals surface area contributed by atoms with E-state index in [1.165, 1.54) is 16.9 Å². The van der Waals surface area contributed by atoms with Crippen LogP contribution in [0.4, 0.5) is 5.13 Å². The number of aromatic nitrogens is 1. The zero-order valence-corrected chi connectivity index (χ0v) is 16.5. The number of rotatable bonds is 2. The van der Waals surface area contributed by atoms with Gasteiger partial charge in [0.05, 0.1) is 10.2 Å². The summed E-state index contributed by atoms with van der Waals surface area (Å²) < 4.78 is 1.13. The first kappa shape index (κ1) is 17.6. The molecule has 6 heteroatoms. The molecule has 1 amide bonds. The number of thiazole rings is 1. The second-order valence-corrected chi connectivity index (χ2v) is 7.74. The molecule has 0 aliphatic carbocycles. The van der Waals surface area contributed by atoms with Gasteiger partial charge in [-0.25, -0.2) is 4.98 Å². The maximum Gasteiger partial charge on any atom is 0.258 e. The van der Waals surface area contributed by atoms with Crippen molar-refractivity contribution in [3.63, 3.8) is 0 Å². The largest absolute Gasteiger partial charge is 0.308 e. The number of benzene rings is 3. The second kappa shape index (κ2) is 7.06.